The van der Waals surface area contributed by atoms with E-state index in [1.807, 2.05) is 20.8 Å². The average Bonchev–Trinajstić information content (AvgIpc) is 3.21. The number of hydrogen-bond donors (Lipinski definition) is 3. The van der Waals surface area contributed by atoms with E-state index in [0.717, 1.165) is 25.7 Å². The minimum Gasteiger partial charge on any atom is -0.349 e. The Bertz CT molecular complexity index is 923. The van der Waals surface area contributed by atoms with E-state index >= 15 is 0 Å². The van der Waals surface area contributed by atoms with E-state index in [1.165, 1.54) is 0 Å². The minimum atomic E-state index is -0.524. The monoisotopic (exact) mass is 407 g/mol. The zero-order valence-electron chi connectivity index (χ0n) is 17.7. The summed E-state index contributed by atoms with van der Waals surface area (Å²) in [5, 5.41) is 8.70. The molecule has 30 heavy (non-hydrogen) atoms. The number of rotatable bonds is 5. The van der Waals surface area contributed by atoms with E-state index in [1.54, 1.807) is 48.5 Å². The van der Waals surface area contributed by atoms with Crippen molar-refractivity contribution in [2.24, 2.45) is 5.41 Å². The van der Waals surface area contributed by atoms with Crippen molar-refractivity contribution in [3.8, 4) is 0 Å². The van der Waals surface area contributed by atoms with Gasteiger partial charge >= 0.3 is 0 Å². The molecule has 2 aromatic carbocycles. The van der Waals surface area contributed by atoms with Gasteiger partial charge in [-0.15, -0.1) is 0 Å². The third kappa shape index (κ3) is 5.69. The standard InChI is InChI=1S/C24H29N3O3/c1-24(2,3)23(30)27-20-10-6-7-17(15-20)22(29)26-19-13-11-16(12-14-19)21(28)25-18-8-4-5-9-18/h6-7,10-15,18H,4-5,8-9H2,1-3H3,(H,25,28)(H,26,29)(H,27,30). The van der Waals surface area contributed by atoms with Crippen LogP contribution in [0.1, 0.15) is 67.2 Å². The Hall–Kier alpha value is -3.15. The molecular formula is C24H29N3O3. The molecule has 0 bridgehead atoms. The predicted molar refractivity (Wildman–Crippen MR) is 119 cm³/mol. The Balaban J connectivity index is 1.61. The van der Waals surface area contributed by atoms with Crippen LogP contribution in [-0.2, 0) is 4.79 Å². The third-order valence-corrected chi connectivity index (χ3v) is 5.16. The van der Waals surface area contributed by atoms with Crippen molar-refractivity contribution in [3.63, 3.8) is 0 Å². The first kappa shape index (κ1) is 21.6. The van der Waals surface area contributed by atoms with Crippen LogP contribution in [0.2, 0.25) is 0 Å². The molecule has 1 fully saturated rings. The van der Waals surface area contributed by atoms with Crippen LogP contribution in [0.5, 0.6) is 0 Å². The lowest BCUT2D eigenvalue weighted by molar-refractivity contribution is -0.123. The lowest BCUT2D eigenvalue weighted by atomic mass is 9.95. The molecular weight excluding hydrogens is 378 g/mol. The number of benzene rings is 2. The molecule has 6 nitrogen and oxygen atoms in total. The molecule has 3 N–H and O–H groups in total. The molecule has 0 unspecified atom stereocenters. The van der Waals surface area contributed by atoms with Crippen molar-refractivity contribution in [1.29, 1.82) is 0 Å². The number of hydrogen-bond acceptors (Lipinski definition) is 3. The fraction of sp³-hybridized carbons (Fsp3) is 0.375. The highest BCUT2D eigenvalue weighted by Crippen LogP contribution is 2.20. The van der Waals surface area contributed by atoms with Gasteiger partial charge in [0.25, 0.3) is 11.8 Å². The van der Waals surface area contributed by atoms with Crippen LogP contribution < -0.4 is 16.0 Å². The summed E-state index contributed by atoms with van der Waals surface area (Å²) in [6, 6.07) is 13.9. The van der Waals surface area contributed by atoms with Gasteiger partial charge in [-0.2, -0.15) is 0 Å². The van der Waals surface area contributed by atoms with Crippen LogP contribution in [0.25, 0.3) is 0 Å². The SMILES string of the molecule is CC(C)(C)C(=O)Nc1cccc(C(=O)Nc2ccc(C(=O)NC3CCCC3)cc2)c1. The number of amides is 3. The lowest BCUT2D eigenvalue weighted by Gasteiger charge is -2.18. The van der Waals surface area contributed by atoms with Gasteiger partial charge in [0.1, 0.15) is 0 Å². The van der Waals surface area contributed by atoms with E-state index in [9.17, 15) is 14.4 Å². The van der Waals surface area contributed by atoms with Gasteiger partial charge < -0.3 is 16.0 Å². The predicted octanol–water partition coefficient (Wildman–Crippen LogP) is 4.60. The first-order valence-corrected chi connectivity index (χ1v) is 10.4. The van der Waals surface area contributed by atoms with Gasteiger partial charge in [0, 0.05) is 34.0 Å². The summed E-state index contributed by atoms with van der Waals surface area (Å²) in [7, 11) is 0. The molecule has 0 aliphatic heterocycles. The molecule has 3 amide bonds. The van der Waals surface area contributed by atoms with Crippen LogP contribution in [0.3, 0.4) is 0 Å². The quantitative estimate of drug-likeness (QED) is 0.677. The lowest BCUT2D eigenvalue weighted by Crippen LogP contribution is -2.32. The van der Waals surface area contributed by atoms with Crippen LogP contribution in [0, 0.1) is 5.41 Å². The van der Waals surface area contributed by atoms with E-state index in [-0.39, 0.29) is 23.8 Å². The first-order chi connectivity index (χ1) is 14.2. The van der Waals surface area contributed by atoms with Crippen LogP contribution in [0.15, 0.2) is 48.5 Å². The van der Waals surface area contributed by atoms with Crippen molar-refractivity contribution in [2.45, 2.75) is 52.5 Å². The number of nitrogens with one attached hydrogen (secondary N) is 3. The summed E-state index contributed by atoms with van der Waals surface area (Å²) in [5.41, 5.74) is 1.66. The summed E-state index contributed by atoms with van der Waals surface area (Å²) in [6.45, 7) is 5.49. The van der Waals surface area contributed by atoms with Gasteiger partial charge in [-0.05, 0) is 55.3 Å². The molecule has 1 saturated carbocycles. The Morgan fingerprint density at radius 2 is 1.47 bits per heavy atom. The number of anilines is 2. The molecule has 158 valence electrons. The molecule has 1 aliphatic rings. The van der Waals surface area contributed by atoms with Gasteiger partial charge in [0.15, 0.2) is 0 Å². The van der Waals surface area contributed by atoms with Crippen molar-refractivity contribution >= 4 is 29.1 Å². The zero-order valence-corrected chi connectivity index (χ0v) is 17.7. The van der Waals surface area contributed by atoms with Crippen molar-refractivity contribution < 1.29 is 14.4 Å². The maximum absolute atomic E-state index is 12.6. The highest BCUT2D eigenvalue weighted by Gasteiger charge is 2.21. The van der Waals surface area contributed by atoms with Gasteiger partial charge in [-0.25, -0.2) is 0 Å². The van der Waals surface area contributed by atoms with E-state index in [0.29, 0.717) is 22.5 Å². The Morgan fingerprint density at radius 1 is 0.800 bits per heavy atom. The summed E-state index contributed by atoms with van der Waals surface area (Å²) < 4.78 is 0. The van der Waals surface area contributed by atoms with E-state index in [2.05, 4.69) is 16.0 Å². The molecule has 0 atom stereocenters. The Kier molecular flexibility index (Phi) is 6.55. The molecule has 0 heterocycles. The van der Waals surface area contributed by atoms with Crippen LogP contribution in [0.4, 0.5) is 11.4 Å². The summed E-state index contributed by atoms with van der Waals surface area (Å²) >= 11 is 0. The second-order valence-electron chi connectivity index (χ2n) is 8.77. The highest BCUT2D eigenvalue weighted by atomic mass is 16.2. The smallest absolute Gasteiger partial charge is 0.255 e. The van der Waals surface area contributed by atoms with Crippen molar-refractivity contribution in [1.82, 2.24) is 5.32 Å². The highest BCUT2D eigenvalue weighted by molar-refractivity contribution is 6.05. The van der Waals surface area contributed by atoms with Crippen LogP contribution >= 0.6 is 0 Å². The molecule has 0 radical (unpaired) electrons. The molecule has 6 heteroatoms. The van der Waals surface area contributed by atoms with E-state index in [4.69, 9.17) is 0 Å². The fourth-order valence-electron chi connectivity index (χ4n) is 3.30. The van der Waals surface area contributed by atoms with Crippen molar-refractivity contribution in [3.05, 3.63) is 59.7 Å². The topological polar surface area (TPSA) is 87.3 Å². The molecule has 3 rings (SSSR count). The van der Waals surface area contributed by atoms with Crippen molar-refractivity contribution in [2.75, 3.05) is 10.6 Å². The first-order valence-electron chi connectivity index (χ1n) is 10.4. The largest absolute Gasteiger partial charge is 0.349 e. The Labute approximate surface area is 177 Å². The normalized spacial score (nSPS) is 14.2. The molecule has 0 aromatic heterocycles. The number of carbonyl (C=O) groups excluding carboxylic acids is 3. The van der Waals surface area contributed by atoms with Gasteiger partial charge in [-0.3, -0.25) is 14.4 Å². The second-order valence-corrected chi connectivity index (χ2v) is 8.77. The summed E-state index contributed by atoms with van der Waals surface area (Å²) in [4.78, 5) is 37.1. The van der Waals surface area contributed by atoms with E-state index < -0.39 is 5.41 Å². The zero-order chi connectivity index (χ0) is 21.7. The molecule has 0 spiro atoms. The maximum atomic E-state index is 12.6. The summed E-state index contributed by atoms with van der Waals surface area (Å²) in [5.74, 6) is -0.487. The fourth-order valence-corrected chi connectivity index (χ4v) is 3.30. The molecule has 0 saturated heterocycles. The summed E-state index contributed by atoms with van der Waals surface area (Å²) in [6.07, 6.45) is 4.40. The average molecular weight is 408 g/mol. The molecule has 2 aromatic rings. The van der Waals surface area contributed by atoms with Gasteiger partial charge in [0.2, 0.25) is 5.91 Å². The molecule has 1 aliphatic carbocycles. The minimum absolute atomic E-state index is 0.0814. The second kappa shape index (κ2) is 9.11. The van der Waals surface area contributed by atoms with Crippen LogP contribution in [-0.4, -0.2) is 23.8 Å². The van der Waals surface area contributed by atoms with Gasteiger partial charge in [-0.1, -0.05) is 39.7 Å². The third-order valence-electron chi connectivity index (χ3n) is 5.16. The Morgan fingerprint density at radius 3 is 2.10 bits per heavy atom. The van der Waals surface area contributed by atoms with Gasteiger partial charge in [0.05, 0.1) is 0 Å². The maximum Gasteiger partial charge on any atom is 0.255 e. The number of carbonyl (C=O) groups is 3.